The van der Waals surface area contributed by atoms with Crippen molar-refractivity contribution in [1.82, 2.24) is 0 Å². The first-order valence-electron chi connectivity index (χ1n) is 4.92. The summed E-state index contributed by atoms with van der Waals surface area (Å²) >= 11 is 0. The van der Waals surface area contributed by atoms with E-state index in [4.69, 9.17) is 4.74 Å². The van der Waals surface area contributed by atoms with Crippen molar-refractivity contribution < 1.29 is 18.3 Å². The summed E-state index contributed by atoms with van der Waals surface area (Å²) in [5, 5.41) is 9.67. The summed E-state index contributed by atoms with van der Waals surface area (Å²) in [6, 6.07) is 0. The molecule has 2 unspecified atom stereocenters. The maximum atomic E-state index is 10.8. The molecule has 1 aliphatic heterocycles. The second-order valence-electron chi connectivity index (χ2n) is 3.96. The summed E-state index contributed by atoms with van der Waals surface area (Å²) in [5.74, 6) is 0.368. The van der Waals surface area contributed by atoms with E-state index in [1.165, 1.54) is 6.26 Å². The summed E-state index contributed by atoms with van der Waals surface area (Å²) < 4.78 is 26.8. The molecule has 0 saturated carbocycles. The Kier molecular flexibility index (Phi) is 4.34. The Morgan fingerprint density at radius 1 is 1.57 bits per heavy atom. The lowest BCUT2D eigenvalue weighted by Gasteiger charge is -2.15. The highest BCUT2D eigenvalue weighted by molar-refractivity contribution is 7.90. The van der Waals surface area contributed by atoms with Gasteiger partial charge < -0.3 is 9.84 Å². The Morgan fingerprint density at radius 2 is 2.29 bits per heavy atom. The summed E-state index contributed by atoms with van der Waals surface area (Å²) in [5.41, 5.74) is 0. The highest BCUT2D eigenvalue weighted by atomic mass is 32.2. The predicted octanol–water partition coefficient (Wildman–Crippen LogP) is 0.209. The molecule has 1 saturated heterocycles. The van der Waals surface area contributed by atoms with E-state index in [1.54, 1.807) is 0 Å². The summed E-state index contributed by atoms with van der Waals surface area (Å²) in [7, 11) is -2.89. The first-order chi connectivity index (χ1) is 6.49. The van der Waals surface area contributed by atoms with Crippen LogP contribution in [0.5, 0.6) is 0 Å². The third kappa shape index (κ3) is 4.39. The molecule has 1 aliphatic rings. The minimum Gasteiger partial charge on any atom is -0.393 e. The van der Waals surface area contributed by atoms with Gasteiger partial charge in [-0.15, -0.1) is 0 Å². The van der Waals surface area contributed by atoms with Crippen LogP contribution in [0.1, 0.15) is 19.3 Å². The molecule has 14 heavy (non-hydrogen) atoms. The SMILES string of the molecule is CS(=O)(=O)CCCC(O)C1CCOC1. The monoisotopic (exact) mass is 222 g/mol. The van der Waals surface area contributed by atoms with E-state index >= 15 is 0 Å². The van der Waals surface area contributed by atoms with E-state index < -0.39 is 15.9 Å². The van der Waals surface area contributed by atoms with Crippen molar-refractivity contribution in [3.05, 3.63) is 0 Å². The largest absolute Gasteiger partial charge is 0.393 e. The van der Waals surface area contributed by atoms with E-state index in [9.17, 15) is 13.5 Å². The standard InChI is InChI=1S/C9H18O4S/c1-14(11,12)6-2-3-9(10)8-4-5-13-7-8/h8-10H,2-7H2,1H3. The molecule has 0 bridgehead atoms. The minimum atomic E-state index is -2.89. The Balaban J connectivity index is 2.17. The first-order valence-corrected chi connectivity index (χ1v) is 6.98. The van der Waals surface area contributed by atoms with Crippen molar-refractivity contribution in [2.45, 2.75) is 25.4 Å². The molecule has 1 rings (SSSR count). The fourth-order valence-corrected chi connectivity index (χ4v) is 2.34. The van der Waals surface area contributed by atoms with Crippen LogP contribution in [0.25, 0.3) is 0 Å². The number of ether oxygens (including phenoxy) is 1. The molecule has 0 aromatic heterocycles. The van der Waals surface area contributed by atoms with Gasteiger partial charge in [0, 0.05) is 24.5 Å². The van der Waals surface area contributed by atoms with Crippen LogP contribution < -0.4 is 0 Å². The summed E-state index contributed by atoms with van der Waals surface area (Å²) in [4.78, 5) is 0. The number of hydrogen-bond donors (Lipinski definition) is 1. The van der Waals surface area contributed by atoms with Gasteiger partial charge in [0.1, 0.15) is 9.84 Å². The lowest BCUT2D eigenvalue weighted by molar-refractivity contribution is 0.0844. The predicted molar refractivity (Wildman–Crippen MR) is 53.9 cm³/mol. The summed E-state index contributed by atoms with van der Waals surface area (Å²) in [6.45, 7) is 1.33. The molecule has 2 atom stereocenters. The van der Waals surface area contributed by atoms with Gasteiger partial charge in [-0.2, -0.15) is 0 Å². The van der Waals surface area contributed by atoms with Crippen molar-refractivity contribution >= 4 is 9.84 Å². The first kappa shape index (κ1) is 11.9. The van der Waals surface area contributed by atoms with Crippen molar-refractivity contribution in [3.8, 4) is 0 Å². The van der Waals surface area contributed by atoms with Crippen LogP contribution >= 0.6 is 0 Å². The van der Waals surface area contributed by atoms with Gasteiger partial charge in [-0.05, 0) is 19.3 Å². The van der Waals surface area contributed by atoms with Crippen LogP contribution in [-0.2, 0) is 14.6 Å². The van der Waals surface area contributed by atoms with Crippen molar-refractivity contribution in [2.75, 3.05) is 25.2 Å². The Morgan fingerprint density at radius 3 is 2.79 bits per heavy atom. The van der Waals surface area contributed by atoms with Crippen LogP contribution in [0.15, 0.2) is 0 Å². The van der Waals surface area contributed by atoms with Gasteiger partial charge in [-0.3, -0.25) is 0 Å². The number of rotatable bonds is 5. The normalized spacial score (nSPS) is 25.1. The van der Waals surface area contributed by atoms with Gasteiger partial charge in [0.25, 0.3) is 0 Å². The van der Waals surface area contributed by atoms with Gasteiger partial charge in [0.2, 0.25) is 0 Å². The molecule has 1 heterocycles. The second-order valence-corrected chi connectivity index (χ2v) is 6.22. The quantitative estimate of drug-likeness (QED) is 0.722. The maximum Gasteiger partial charge on any atom is 0.147 e. The van der Waals surface area contributed by atoms with Crippen molar-refractivity contribution in [2.24, 2.45) is 5.92 Å². The van der Waals surface area contributed by atoms with Crippen LogP contribution in [0.3, 0.4) is 0 Å². The highest BCUT2D eigenvalue weighted by Gasteiger charge is 2.23. The van der Waals surface area contributed by atoms with E-state index in [2.05, 4.69) is 0 Å². The molecule has 5 heteroatoms. The zero-order valence-electron chi connectivity index (χ0n) is 8.48. The molecule has 0 aromatic rings. The van der Waals surface area contributed by atoms with Crippen molar-refractivity contribution in [3.63, 3.8) is 0 Å². The maximum absolute atomic E-state index is 10.8. The second kappa shape index (κ2) is 5.09. The van der Waals surface area contributed by atoms with Gasteiger partial charge in [-0.1, -0.05) is 0 Å². The smallest absolute Gasteiger partial charge is 0.147 e. The fraction of sp³-hybridized carbons (Fsp3) is 1.00. The Bertz CT molecular complexity index is 254. The van der Waals surface area contributed by atoms with Crippen LogP contribution in [0.2, 0.25) is 0 Å². The van der Waals surface area contributed by atoms with Gasteiger partial charge in [0.05, 0.1) is 12.7 Å². The highest BCUT2D eigenvalue weighted by Crippen LogP contribution is 2.19. The van der Waals surface area contributed by atoms with Crippen LogP contribution in [-0.4, -0.2) is 44.9 Å². The van der Waals surface area contributed by atoms with Gasteiger partial charge in [-0.25, -0.2) is 8.42 Å². The molecule has 0 aromatic carbocycles. The van der Waals surface area contributed by atoms with E-state index in [1.807, 2.05) is 0 Å². The van der Waals surface area contributed by atoms with Gasteiger partial charge >= 0.3 is 0 Å². The molecule has 84 valence electrons. The Labute approximate surface area is 85.2 Å². The van der Waals surface area contributed by atoms with Crippen molar-refractivity contribution in [1.29, 1.82) is 0 Å². The molecule has 1 N–H and O–H groups in total. The zero-order valence-corrected chi connectivity index (χ0v) is 9.29. The zero-order chi connectivity index (χ0) is 10.6. The number of aliphatic hydroxyl groups is 1. The lowest BCUT2D eigenvalue weighted by atomic mass is 9.98. The number of sulfone groups is 1. The van der Waals surface area contributed by atoms with Crippen LogP contribution in [0, 0.1) is 5.92 Å². The number of hydrogen-bond acceptors (Lipinski definition) is 4. The fourth-order valence-electron chi connectivity index (χ4n) is 1.65. The van der Waals surface area contributed by atoms with Crippen LogP contribution in [0.4, 0.5) is 0 Å². The molecule has 0 radical (unpaired) electrons. The third-order valence-corrected chi connectivity index (χ3v) is 3.55. The van der Waals surface area contributed by atoms with E-state index in [0.717, 1.165) is 6.42 Å². The molecule has 4 nitrogen and oxygen atoms in total. The van der Waals surface area contributed by atoms with E-state index in [-0.39, 0.29) is 11.7 Å². The molecular weight excluding hydrogens is 204 g/mol. The molecule has 0 spiro atoms. The average Bonchev–Trinajstić information content (AvgIpc) is 2.53. The average molecular weight is 222 g/mol. The third-order valence-electron chi connectivity index (χ3n) is 2.52. The molecular formula is C9H18O4S. The van der Waals surface area contributed by atoms with Gasteiger partial charge in [0.15, 0.2) is 0 Å². The van der Waals surface area contributed by atoms with E-state index in [0.29, 0.717) is 26.1 Å². The number of aliphatic hydroxyl groups excluding tert-OH is 1. The summed E-state index contributed by atoms with van der Waals surface area (Å²) in [6.07, 6.45) is 2.80. The molecule has 1 fully saturated rings. The minimum absolute atomic E-state index is 0.164. The Hall–Kier alpha value is -0.130. The topological polar surface area (TPSA) is 63.6 Å². The molecule has 0 amide bonds. The molecule has 0 aliphatic carbocycles. The lowest BCUT2D eigenvalue weighted by Crippen LogP contribution is -2.21.